The molecule has 116 valence electrons. The van der Waals surface area contributed by atoms with Gasteiger partial charge in [0.05, 0.1) is 4.75 Å². The van der Waals surface area contributed by atoms with Crippen LogP contribution < -0.4 is 9.86 Å². The first-order chi connectivity index (χ1) is 9.30. The van der Waals surface area contributed by atoms with Gasteiger partial charge in [0.15, 0.2) is 0 Å². The SMILES string of the molecule is CC1(C(=O)N2CCCC(CNS(N)(=O)=O)C2)CCCS1. The van der Waals surface area contributed by atoms with Crippen molar-refractivity contribution in [2.75, 3.05) is 25.4 Å². The third-order valence-corrected chi connectivity index (χ3v) is 6.13. The molecule has 1 amide bonds. The highest BCUT2D eigenvalue weighted by molar-refractivity contribution is 8.01. The fourth-order valence-corrected chi connectivity index (χ4v) is 4.68. The molecular formula is C12H23N3O3S2. The summed E-state index contributed by atoms with van der Waals surface area (Å²) in [5, 5.41) is 4.94. The molecule has 2 atom stereocenters. The number of likely N-dealkylation sites (tertiary alicyclic amines) is 1. The van der Waals surface area contributed by atoms with Crippen LogP contribution in [-0.4, -0.2) is 49.4 Å². The van der Waals surface area contributed by atoms with Gasteiger partial charge in [-0.1, -0.05) is 0 Å². The summed E-state index contributed by atoms with van der Waals surface area (Å²) in [6.45, 7) is 3.74. The van der Waals surface area contributed by atoms with Gasteiger partial charge in [-0.2, -0.15) is 8.42 Å². The summed E-state index contributed by atoms with van der Waals surface area (Å²) < 4.78 is 23.9. The van der Waals surface area contributed by atoms with E-state index < -0.39 is 10.2 Å². The van der Waals surface area contributed by atoms with E-state index in [9.17, 15) is 13.2 Å². The second-order valence-electron chi connectivity index (χ2n) is 5.84. The van der Waals surface area contributed by atoms with Crippen molar-refractivity contribution in [2.24, 2.45) is 11.1 Å². The first-order valence-corrected chi connectivity index (χ1v) is 9.54. The van der Waals surface area contributed by atoms with E-state index in [0.717, 1.165) is 38.0 Å². The molecule has 2 aliphatic rings. The molecule has 8 heteroatoms. The van der Waals surface area contributed by atoms with E-state index in [1.54, 1.807) is 11.8 Å². The molecular weight excluding hydrogens is 298 g/mol. The van der Waals surface area contributed by atoms with Crippen molar-refractivity contribution in [3.8, 4) is 0 Å². The lowest BCUT2D eigenvalue weighted by molar-refractivity contribution is -0.135. The average molecular weight is 321 g/mol. The van der Waals surface area contributed by atoms with Crippen LogP contribution in [-0.2, 0) is 15.0 Å². The zero-order chi connectivity index (χ0) is 14.8. The van der Waals surface area contributed by atoms with Crippen molar-refractivity contribution in [2.45, 2.75) is 37.4 Å². The minimum Gasteiger partial charge on any atom is -0.341 e. The molecule has 0 spiro atoms. The van der Waals surface area contributed by atoms with E-state index in [1.807, 2.05) is 11.8 Å². The predicted molar refractivity (Wildman–Crippen MR) is 80.5 cm³/mol. The van der Waals surface area contributed by atoms with Crippen LogP contribution >= 0.6 is 11.8 Å². The lowest BCUT2D eigenvalue weighted by atomic mass is 9.96. The Morgan fingerprint density at radius 3 is 2.85 bits per heavy atom. The third kappa shape index (κ3) is 4.09. The normalized spacial score (nSPS) is 31.5. The van der Waals surface area contributed by atoms with E-state index in [0.29, 0.717) is 13.1 Å². The van der Waals surface area contributed by atoms with Gasteiger partial charge in [-0.3, -0.25) is 4.79 Å². The van der Waals surface area contributed by atoms with Gasteiger partial charge in [-0.05, 0) is 44.3 Å². The molecule has 2 heterocycles. The molecule has 0 aliphatic carbocycles. The molecule has 0 aromatic heterocycles. The van der Waals surface area contributed by atoms with Gasteiger partial charge in [-0.15, -0.1) is 11.8 Å². The average Bonchev–Trinajstić information content (AvgIpc) is 2.83. The number of nitrogens with one attached hydrogen (secondary N) is 1. The van der Waals surface area contributed by atoms with Gasteiger partial charge in [0.2, 0.25) is 5.91 Å². The smallest absolute Gasteiger partial charge is 0.274 e. The van der Waals surface area contributed by atoms with Crippen LogP contribution in [0.25, 0.3) is 0 Å². The number of carbonyl (C=O) groups excluding carboxylic acids is 1. The maximum atomic E-state index is 12.6. The maximum absolute atomic E-state index is 12.6. The largest absolute Gasteiger partial charge is 0.341 e. The van der Waals surface area contributed by atoms with Crippen LogP contribution in [0.15, 0.2) is 0 Å². The molecule has 2 fully saturated rings. The van der Waals surface area contributed by atoms with Crippen molar-refractivity contribution >= 4 is 27.9 Å². The molecule has 2 unspecified atom stereocenters. The zero-order valence-electron chi connectivity index (χ0n) is 11.8. The monoisotopic (exact) mass is 321 g/mol. The minimum absolute atomic E-state index is 0.154. The summed E-state index contributed by atoms with van der Waals surface area (Å²) in [5.74, 6) is 1.41. The topological polar surface area (TPSA) is 92.5 Å². The fraction of sp³-hybridized carbons (Fsp3) is 0.917. The molecule has 6 nitrogen and oxygen atoms in total. The van der Waals surface area contributed by atoms with Gasteiger partial charge in [-0.25, -0.2) is 9.86 Å². The Labute approximate surface area is 125 Å². The van der Waals surface area contributed by atoms with Crippen molar-refractivity contribution in [1.82, 2.24) is 9.62 Å². The number of hydrogen-bond donors (Lipinski definition) is 2. The minimum atomic E-state index is -3.65. The number of thioether (sulfide) groups is 1. The van der Waals surface area contributed by atoms with Crippen molar-refractivity contribution in [3.63, 3.8) is 0 Å². The lowest BCUT2D eigenvalue weighted by Crippen LogP contribution is -2.50. The third-order valence-electron chi connectivity index (χ3n) is 4.05. The quantitative estimate of drug-likeness (QED) is 0.779. The number of nitrogens with two attached hydrogens (primary N) is 1. The van der Waals surface area contributed by atoms with Gasteiger partial charge in [0.25, 0.3) is 10.2 Å². The molecule has 3 N–H and O–H groups in total. The molecule has 0 saturated carbocycles. The van der Waals surface area contributed by atoms with Crippen LogP contribution in [0.1, 0.15) is 32.6 Å². The number of carbonyl (C=O) groups is 1. The Kier molecular flexibility index (Phi) is 4.99. The number of amides is 1. The Morgan fingerprint density at radius 2 is 2.25 bits per heavy atom. The fourth-order valence-electron chi connectivity index (χ4n) is 2.93. The van der Waals surface area contributed by atoms with E-state index in [4.69, 9.17) is 5.14 Å². The Balaban J connectivity index is 1.91. The second kappa shape index (κ2) is 6.21. The van der Waals surface area contributed by atoms with E-state index in [-0.39, 0.29) is 16.6 Å². The molecule has 0 aromatic rings. The number of nitrogens with zero attached hydrogens (tertiary/aromatic N) is 1. The highest BCUT2D eigenvalue weighted by atomic mass is 32.2. The molecule has 0 bridgehead atoms. The van der Waals surface area contributed by atoms with Crippen LogP contribution in [0.4, 0.5) is 0 Å². The van der Waals surface area contributed by atoms with Crippen molar-refractivity contribution < 1.29 is 13.2 Å². The number of hydrogen-bond acceptors (Lipinski definition) is 4. The molecule has 0 radical (unpaired) electrons. The van der Waals surface area contributed by atoms with Crippen molar-refractivity contribution in [3.05, 3.63) is 0 Å². The summed E-state index contributed by atoms with van der Waals surface area (Å²) in [4.78, 5) is 14.5. The summed E-state index contributed by atoms with van der Waals surface area (Å²) in [6, 6.07) is 0. The Morgan fingerprint density at radius 1 is 1.50 bits per heavy atom. The first-order valence-electron chi connectivity index (χ1n) is 7.01. The standard InChI is InChI=1S/C12H23N3O3S2/c1-12(5-3-7-19-12)11(16)15-6-2-4-10(9-15)8-14-20(13,17)18/h10,14H,2-9H2,1H3,(H2,13,17,18). The lowest BCUT2D eigenvalue weighted by Gasteiger charge is -2.37. The van der Waals surface area contributed by atoms with Crippen LogP contribution in [0, 0.1) is 5.92 Å². The van der Waals surface area contributed by atoms with E-state index in [2.05, 4.69) is 4.72 Å². The highest BCUT2D eigenvalue weighted by Gasteiger charge is 2.41. The zero-order valence-corrected chi connectivity index (χ0v) is 13.4. The van der Waals surface area contributed by atoms with Gasteiger partial charge >= 0.3 is 0 Å². The molecule has 2 rings (SSSR count). The molecule has 20 heavy (non-hydrogen) atoms. The maximum Gasteiger partial charge on any atom is 0.274 e. The van der Waals surface area contributed by atoms with Crippen LogP contribution in [0.5, 0.6) is 0 Å². The van der Waals surface area contributed by atoms with Gasteiger partial charge in [0, 0.05) is 19.6 Å². The van der Waals surface area contributed by atoms with Gasteiger partial charge in [0.1, 0.15) is 0 Å². The molecule has 2 saturated heterocycles. The van der Waals surface area contributed by atoms with E-state index >= 15 is 0 Å². The predicted octanol–water partition coefficient (Wildman–Crippen LogP) is 0.304. The second-order valence-corrected chi connectivity index (χ2v) is 8.81. The number of rotatable bonds is 4. The summed E-state index contributed by atoms with van der Waals surface area (Å²) in [6.07, 6.45) is 3.88. The Bertz CT molecular complexity index is 461. The Hall–Kier alpha value is -0.310. The van der Waals surface area contributed by atoms with Gasteiger partial charge < -0.3 is 4.90 Å². The number of piperidine rings is 1. The molecule has 2 aliphatic heterocycles. The summed E-state index contributed by atoms with van der Waals surface area (Å²) >= 11 is 1.74. The molecule has 0 aromatic carbocycles. The van der Waals surface area contributed by atoms with E-state index in [1.165, 1.54) is 0 Å². The summed E-state index contributed by atoms with van der Waals surface area (Å²) in [5.41, 5.74) is 0. The first kappa shape index (κ1) is 16.1. The van der Waals surface area contributed by atoms with Crippen LogP contribution in [0.3, 0.4) is 0 Å². The van der Waals surface area contributed by atoms with Crippen LogP contribution in [0.2, 0.25) is 0 Å². The highest BCUT2D eigenvalue weighted by Crippen LogP contribution is 2.39. The van der Waals surface area contributed by atoms with Crippen molar-refractivity contribution in [1.29, 1.82) is 0 Å². The summed E-state index contributed by atoms with van der Waals surface area (Å²) in [7, 11) is -3.65.